The molecule has 1 aliphatic heterocycles. The number of amides is 2. The summed E-state index contributed by atoms with van der Waals surface area (Å²) in [5.74, 6) is -0.303. The molecule has 0 atom stereocenters. The topological polar surface area (TPSA) is 83.1 Å². The van der Waals surface area contributed by atoms with Crippen LogP contribution in [0.15, 0.2) is 48.5 Å². The number of hydrogen-bond acceptors (Lipinski definition) is 6. The molecule has 0 spiro atoms. The van der Waals surface area contributed by atoms with Crippen LogP contribution < -0.4 is 25.0 Å². The molecule has 33 heavy (non-hydrogen) atoms. The molecule has 3 rings (SSSR count). The normalized spacial score (nSPS) is 13.9. The van der Waals surface area contributed by atoms with Gasteiger partial charge in [-0.2, -0.15) is 0 Å². The highest BCUT2D eigenvalue weighted by molar-refractivity contribution is 6.39. The van der Waals surface area contributed by atoms with Crippen molar-refractivity contribution in [2.45, 2.75) is 19.8 Å². The molecule has 8 nitrogen and oxygen atoms in total. The lowest BCUT2D eigenvalue weighted by atomic mass is 10.2. The molecule has 1 heterocycles. The molecule has 0 aliphatic carbocycles. The zero-order valence-corrected chi connectivity index (χ0v) is 19.5. The highest BCUT2D eigenvalue weighted by Gasteiger charge is 2.19. The molecule has 2 aromatic carbocycles. The van der Waals surface area contributed by atoms with E-state index in [1.54, 1.807) is 25.3 Å². The van der Waals surface area contributed by atoms with Crippen LogP contribution in [0.5, 0.6) is 11.5 Å². The minimum atomic E-state index is -0.725. The number of para-hydroxylation sites is 1. The molecular formula is C25H34N4O4. The number of piperazine rings is 1. The quantitative estimate of drug-likeness (QED) is 0.424. The first kappa shape index (κ1) is 24.4. The molecule has 2 amide bonds. The summed E-state index contributed by atoms with van der Waals surface area (Å²) in [4.78, 5) is 29.4. The van der Waals surface area contributed by atoms with Gasteiger partial charge in [-0.15, -0.1) is 0 Å². The highest BCUT2D eigenvalue weighted by Crippen LogP contribution is 2.29. The number of unbranched alkanes of at least 4 members (excludes halogenated alkanes) is 1. The molecule has 1 aliphatic rings. The summed E-state index contributed by atoms with van der Waals surface area (Å²) in [5.41, 5.74) is 1.65. The summed E-state index contributed by atoms with van der Waals surface area (Å²) in [7, 11) is 1.55. The van der Waals surface area contributed by atoms with Crippen LogP contribution in [0, 0.1) is 0 Å². The van der Waals surface area contributed by atoms with Gasteiger partial charge in [0.15, 0.2) is 0 Å². The first-order chi connectivity index (χ1) is 16.1. The molecule has 0 saturated carbocycles. The molecule has 0 unspecified atom stereocenters. The maximum atomic E-state index is 12.4. The molecule has 1 saturated heterocycles. The van der Waals surface area contributed by atoms with Crippen molar-refractivity contribution in [2.75, 3.05) is 63.2 Å². The van der Waals surface area contributed by atoms with E-state index < -0.39 is 11.8 Å². The standard InChI is InChI=1S/C25H34N4O4/c1-3-4-18-33-23-11-10-21(32-2)19-22(23)27-25(31)24(30)26-12-13-28-14-16-29(17-15-28)20-8-6-5-7-9-20/h5-11,19H,3-4,12-18H2,1-2H3,(H,26,30)(H,27,31). The molecule has 8 heteroatoms. The Hall–Kier alpha value is -3.26. The number of ether oxygens (including phenoxy) is 2. The Morgan fingerprint density at radius 2 is 1.76 bits per heavy atom. The maximum absolute atomic E-state index is 12.4. The van der Waals surface area contributed by atoms with E-state index in [0.29, 0.717) is 36.9 Å². The Bertz CT molecular complexity index is 899. The molecule has 2 N–H and O–H groups in total. The van der Waals surface area contributed by atoms with Crippen molar-refractivity contribution in [2.24, 2.45) is 0 Å². The summed E-state index contributed by atoms with van der Waals surface area (Å²) in [6.45, 7) is 7.44. The van der Waals surface area contributed by atoms with Crippen LogP contribution in [0.3, 0.4) is 0 Å². The fourth-order valence-corrected chi connectivity index (χ4v) is 3.64. The molecule has 0 aromatic heterocycles. The fourth-order valence-electron chi connectivity index (χ4n) is 3.64. The third-order valence-corrected chi connectivity index (χ3v) is 5.60. The maximum Gasteiger partial charge on any atom is 0.313 e. The highest BCUT2D eigenvalue weighted by atomic mass is 16.5. The number of anilines is 2. The van der Waals surface area contributed by atoms with E-state index in [9.17, 15) is 9.59 Å². The Kier molecular flexibility index (Phi) is 9.38. The lowest BCUT2D eigenvalue weighted by Crippen LogP contribution is -2.49. The van der Waals surface area contributed by atoms with E-state index in [-0.39, 0.29) is 0 Å². The van der Waals surface area contributed by atoms with Gasteiger partial charge in [-0.05, 0) is 30.7 Å². The second-order valence-corrected chi connectivity index (χ2v) is 7.94. The van der Waals surface area contributed by atoms with E-state index in [4.69, 9.17) is 9.47 Å². The zero-order valence-electron chi connectivity index (χ0n) is 19.5. The number of rotatable bonds is 10. The third kappa shape index (κ3) is 7.39. The summed E-state index contributed by atoms with van der Waals surface area (Å²) >= 11 is 0. The van der Waals surface area contributed by atoms with Gasteiger partial charge in [-0.3, -0.25) is 14.5 Å². The number of benzene rings is 2. The number of methoxy groups -OCH3 is 1. The minimum absolute atomic E-state index is 0.412. The van der Waals surface area contributed by atoms with Gasteiger partial charge in [0.2, 0.25) is 0 Å². The second-order valence-electron chi connectivity index (χ2n) is 7.94. The van der Waals surface area contributed by atoms with Gasteiger partial charge in [-0.1, -0.05) is 31.5 Å². The number of nitrogens with zero attached hydrogens (tertiary/aromatic N) is 2. The molecular weight excluding hydrogens is 420 g/mol. The van der Waals surface area contributed by atoms with Crippen molar-refractivity contribution in [3.8, 4) is 11.5 Å². The van der Waals surface area contributed by atoms with E-state index >= 15 is 0 Å². The Labute approximate surface area is 195 Å². The van der Waals surface area contributed by atoms with Gasteiger partial charge in [0.25, 0.3) is 0 Å². The third-order valence-electron chi connectivity index (χ3n) is 5.60. The lowest BCUT2D eigenvalue weighted by Gasteiger charge is -2.36. The summed E-state index contributed by atoms with van der Waals surface area (Å²) in [6.07, 6.45) is 1.90. The van der Waals surface area contributed by atoms with E-state index in [0.717, 1.165) is 39.0 Å². The van der Waals surface area contributed by atoms with Crippen molar-refractivity contribution in [3.63, 3.8) is 0 Å². The predicted octanol–water partition coefficient (Wildman–Crippen LogP) is 2.75. The predicted molar refractivity (Wildman–Crippen MR) is 130 cm³/mol. The van der Waals surface area contributed by atoms with E-state index in [1.807, 2.05) is 18.2 Å². The Morgan fingerprint density at radius 1 is 1.00 bits per heavy atom. The van der Waals surface area contributed by atoms with Gasteiger partial charge >= 0.3 is 11.8 Å². The number of hydrogen-bond donors (Lipinski definition) is 2. The number of carbonyl (C=O) groups excluding carboxylic acids is 2. The van der Waals surface area contributed by atoms with Crippen LogP contribution in [-0.4, -0.2) is 69.7 Å². The molecule has 1 fully saturated rings. The first-order valence-electron chi connectivity index (χ1n) is 11.5. The zero-order chi connectivity index (χ0) is 23.5. The van der Waals surface area contributed by atoms with Gasteiger partial charge in [0.05, 0.1) is 19.4 Å². The minimum Gasteiger partial charge on any atom is -0.497 e. The van der Waals surface area contributed by atoms with Crippen LogP contribution in [0.25, 0.3) is 0 Å². The van der Waals surface area contributed by atoms with Crippen LogP contribution in [0.2, 0.25) is 0 Å². The fraction of sp³-hybridized carbons (Fsp3) is 0.440. The number of nitrogens with one attached hydrogen (secondary N) is 2. The number of carbonyl (C=O) groups is 2. The average Bonchev–Trinajstić information content (AvgIpc) is 2.85. The summed E-state index contributed by atoms with van der Waals surface area (Å²) in [6, 6.07) is 15.5. The van der Waals surface area contributed by atoms with Crippen molar-refractivity contribution >= 4 is 23.2 Å². The van der Waals surface area contributed by atoms with Crippen molar-refractivity contribution in [3.05, 3.63) is 48.5 Å². The van der Waals surface area contributed by atoms with Gasteiger partial charge in [-0.25, -0.2) is 0 Å². The van der Waals surface area contributed by atoms with Crippen LogP contribution in [0.4, 0.5) is 11.4 Å². The van der Waals surface area contributed by atoms with E-state index in [2.05, 4.69) is 39.5 Å². The molecule has 0 radical (unpaired) electrons. The monoisotopic (exact) mass is 454 g/mol. The lowest BCUT2D eigenvalue weighted by molar-refractivity contribution is -0.136. The molecule has 0 bridgehead atoms. The summed E-state index contributed by atoms with van der Waals surface area (Å²) < 4.78 is 11.0. The van der Waals surface area contributed by atoms with Crippen LogP contribution in [0.1, 0.15) is 19.8 Å². The SMILES string of the molecule is CCCCOc1ccc(OC)cc1NC(=O)C(=O)NCCN1CCN(c2ccccc2)CC1. The summed E-state index contributed by atoms with van der Waals surface area (Å²) in [5, 5.41) is 5.36. The van der Waals surface area contributed by atoms with Gasteiger partial charge in [0.1, 0.15) is 11.5 Å². The smallest absolute Gasteiger partial charge is 0.313 e. The molecule has 178 valence electrons. The first-order valence-corrected chi connectivity index (χ1v) is 11.5. The second kappa shape index (κ2) is 12.7. The van der Waals surface area contributed by atoms with Crippen molar-refractivity contribution < 1.29 is 19.1 Å². The Balaban J connectivity index is 1.43. The average molecular weight is 455 g/mol. The van der Waals surface area contributed by atoms with Gasteiger partial charge in [0, 0.05) is 51.0 Å². The molecule has 2 aromatic rings. The van der Waals surface area contributed by atoms with Crippen molar-refractivity contribution in [1.29, 1.82) is 0 Å². The van der Waals surface area contributed by atoms with Gasteiger partial charge < -0.3 is 25.0 Å². The van der Waals surface area contributed by atoms with Crippen LogP contribution in [-0.2, 0) is 9.59 Å². The largest absolute Gasteiger partial charge is 0.497 e. The Morgan fingerprint density at radius 3 is 2.45 bits per heavy atom. The van der Waals surface area contributed by atoms with E-state index in [1.165, 1.54) is 5.69 Å². The van der Waals surface area contributed by atoms with Crippen LogP contribution >= 0.6 is 0 Å². The van der Waals surface area contributed by atoms with Crippen molar-refractivity contribution in [1.82, 2.24) is 10.2 Å².